The van der Waals surface area contributed by atoms with Gasteiger partial charge in [0.15, 0.2) is 0 Å². The van der Waals surface area contributed by atoms with E-state index in [0.29, 0.717) is 24.9 Å². The van der Waals surface area contributed by atoms with E-state index >= 15 is 0 Å². The van der Waals surface area contributed by atoms with Crippen molar-refractivity contribution in [3.8, 4) is 0 Å². The van der Waals surface area contributed by atoms with E-state index in [0.717, 1.165) is 12.1 Å². The second-order valence-electron chi connectivity index (χ2n) is 6.78. The summed E-state index contributed by atoms with van der Waals surface area (Å²) in [6, 6.07) is 4.92. The van der Waals surface area contributed by atoms with Gasteiger partial charge in [0.1, 0.15) is 0 Å². The van der Waals surface area contributed by atoms with Gasteiger partial charge in [0.2, 0.25) is 11.8 Å². The Bertz CT molecular complexity index is 609. The molecule has 1 aliphatic heterocycles. The summed E-state index contributed by atoms with van der Waals surface area (Å²) in [5.74, 6) is -0.686. The van der Waals surface area contributed by atoms with Crippen LogP contribution in [-0.4, -0.2) is 23.9 Å². The minimum absolute atomic E-state index is 0.137. The maximum atomic E-state index is 12.6. The number of nitrogens with one attached hydrogen (secondary N) is 2. The highest BCUT2D eigenvalue weighted by Crippen LogP contribution is 2.29. The average molecular weight is 342 g/mol. The molecule has 0 saturated carbocycles. The molecule has 2 rings (SSSR count). The third-order valence-electron chi connectivity index (χ3n) is 4.01. The molecule has 1 heterocycles. The van der Waals surface area contributed by atoms with Crippen molar-refractivity contribution in [2.24, 2.45) is 5.92 Å². The highest BCUT2D eigenvalue weighted by atomic mass is 19.4. The van der Waals surface area contributed by atoms with E-state index in [1.54, 1.807) is 0 Å². The van der Waals surface area contributed by atoms with Crippen LogP contribution in [0.4, 0.5) is 13.2 Å². The second-order valence-corrected chi connectivity index (χ2v) is 6.78. The molecule has 1 saturated heterocycles. The third-order valence-corrected chi connectivity index (χ3v) is 4.01. The second kappa shape index (κ2) is 6.83. The lowest BCUT2D eigenvalue weighted by Crippen LogP contribution is -2.50. The van der Waals surface area contributed by atoms with Crippen LogP contribution in [0.15, 0.2) is 24.3 Å². The van der Waals surface area contributed by atoms with Crippen molar-refractivity contribution in [2.45, 2.75) is 44.8 Å². The van der Waals surface area contributed by atoms with Crippen LogP contribution in [0, 0.1) is 5.92 Å². The van der Waals surface area contributed by atoms with E-state index in [-0.39, 0.29) is 24.2 Å². The zero-order valence-corrected chi connectivity index (χ0v) is 13.7. The molecule has 24 heavy (non-hydrogen) atoms. The minimum Gasteiger partial charge on any atom is -0.356 e. The van der Waals surface area contributed by atoms with Crippen LogP contribution in [0.3, 0.4) is 0 Å². The van der Waals surface area contributed by atoms with Crippen LogP contribution >= 0.6 is 0 Å². The molecule has 1 aliphatic rings. The van der Waals surface area contributed by atoms with Gasteiger partial charge in [-0.25, -0.2) is 0 Å². The zero-order chi connectivity index (χ0) is 18.0. The Hall–Kier alpha value is -2.05. The molecule has 1 fully saturated rings. The van der Waals surface area contributed by atoms with Crippen LogP contribution in [0.1, 0.15) is 37.8 Å². The Kier molecular flexibility index (Phi) is 5.20. The van der Waals surface area contributed by atoms with Crippen LogP contribution in [0.25, 0.3) is 0 Å². The maximum Gasteiger partial charge on any atom is 0.416 e. The summed E-state index contributed by atoms with van der Waals surface area (Å²) in [4.78, 5) is 23.7. The molecule has 0 aliphatic carbocycles. The fourth-order valence-electron chi connectivity index (χ4n) is 2.81. The van der Waals surface area contributed by atoms with Crippen molar-refractivity contribution in [1.29, 1.82) is 0 Å². The number of alkyl halides is 3. The zero-order valence-electron chi connectivity index (χ0n) is 13.7. The quantitative estimate of drug-likeness (QED) is 0.884. The summed E-state index contributed by atoms with van der Waals surface area (Å²) in [6.45, 7) is 4.10. The fraction of sp³-hybridized carbons (Fsp3) is 0.529. The van der Waals surface area contributed by atoms with Crippen LogP contribution in [0.2, 0.25) is 0 Å². The van der Waals surface area contributed by atoms with Crippen molar-refractivity contribution in [3.05, 3.63) is 35.4 Å². The number of carbonyl (C=O) groups excluding carboxylic acids is 2. The van der Waals surface area contributed by atoms with E-state index < -0.39 is 17.3 Å². The Labute approximate surface area is 138 Å². The topological polar surface area (TPSA) is 58.2 Å². The van der Waals surface area contributed by atoms with Crippen LogP contribution in [0.5, 0.6) is 0 Å². The Balaban J connectivity index is 1.97. The molecule has 132 valence electrons. The summed E-state index contributed by atoms with van der Waals surface area (Å²) in [7, 11) is 0. The van der Waals surface area contributed by atoms with Crippen molar-refractivity contribution in [3.63, 3.8) is 0 Å². The number of carbonyl (C=O) groups is 2. The monoisotopic (exact) mass is 342 g/mol. The number of rotatable bonds is 4. The van der Waals surface area contributed by atoms with Gasteiger partial charge in [-0.15, -0.1) is 0 Å². The SMILES string of the molecule is CC(C)(Cc1ccc(C(F)(F)F)cc1)NC(=O)C1CCNC(=O)C1. The largest absolute Gasteiger partial charge is 0.416 e. The van der Waals surface area contributed by atoms with Crippen LogP contribution in [-0.2, 0) is 22.2 Å². The first-order chi connectivity index (χ1) is 11.1. The highest BCUT2D eigenvalue weighted by molar-refractivity contribution is 5.87. The lowest BCUT2D eigenvalue weighted by atomic mass is 9.91. The van der Waals surface area contributed by atoms with E-state index in [1.165, 1.54) is 12.1 Å². The molecule has 1 atom stereocenters. The number of benzene rings is 1. The molecule has 0 aromatic heterocycles. The standard InChI is InChI=1S/C17H21F3N2O2/c1-16(2,22-15(24)12-7-8-21-14(23)9-12)10-11-3-5-13(6-4-11)17(18,19)20/h3-6,12H,7-10H2,1-2H3,(H,21,23)(H,22,24). The molecule has 1 aromatic carbocycles. The van der Waals surface area contributed by atoms with E-state index in [1.807, 2.05) is 13.8 Å². The van der Waals surface area contributed by atoms with Gasteiger partial charge < -0.3 is 10.6 Å². The summed E-state index contributed by atoms with van der Waals surface area (Å²) < 4.78 is 37.7. The van der Waals surface area contributed by atoms with Gasteiger partial charge in [0.05, 0.1) is 5.56 Å². The lowest BCUT2D eigenvalue weighted by molar-refractivity contribution is -0.137. The van der Waals surface area contributed by atoms with Crippen molar-refractivity contribution in [1.82, 2.24) is 10.6 Å². The van der Waals surface area contributed by atoms with Crippen molar-refractivity contribution < 1.29 is 22.8 Å². The number of halogens is 3. The van der Waals surface area contributed by atoms with Gasteiger partial charge in [0, 0.05) is 24.4 Å². The van der Waals surface area contributed by atoms with Crippen molar-refractivity contribution >= 4 is 11.8 Å². The molecule has 2 amide bonds. The van der Waals surface area contributed by atoms with Gasteiger partial charge in [0.25, 0.3) is 0 Å². The molecule has 1 aromatic rings. The lowest BCUT2D eigenvalue weighted by Gasteiger charge is -2.30. The van der Waals surface area contributed by atoms with Gasteiger partial charge >= 0.3 is 6.18 Å². The first kappa shape index (κ1) is 18.3. The predicted octanol–water partition coefficient (Wildman–Crippen LogP) is 2.67. The van der Waals surface area contributed by atoms with Gasteiger partial charge in [-0.05, 0) is 44.4 Å². The molecule has 1 unspecified atom stereocenters. The molecule has 0 bridgehead atoms. The molecular weight excluding hydrogens is 321 g/mol. The summed E-state index contributed by atoms with van der Waals surface area (Å²) in [5.41, 5.74) is -0.610. The Morgan fingerprint density at radius 2 is 1.88 bits per heavy atom. The molecule has 0 spiro atoms. The Morgan fingerprint density at radius 1 is 1.25 bits per heavy atom. The number of hydrogen-bond acceptors (Lipinski definition) is 2. The Morgan fingerprint density at radius 3 is 2.42 bits per heavy atom. The van der Waals surface area contributed by atoms with E-state index in [4.69, 9.17) is 0 Å². The van der Waals surface area contributed by atoms with Crippen LogP contribution < -0.4 is 10.6 Å². The summed E-state index contributed by atoms with van der Waals surface area (Å²) in [6.07, 6.45) is -3.20. The van der Waals surface area contributed by atoms with Gasteiger partial charge in [-0.3, -0.25) is 9.59 Å². The van der Waals surface area contributed by atoms with Crippen molar-refractivity contribution in [2.75, 3.05) is 6.54 Å². The number of piperidine rings is 1. The van der Waals surface area contributed by atoms with E-state index in [9.17, 15) is 22.8 Å². The molecular formula is C17H21F3N2O2. The van der Waals surface area contributed by atoms with E-state index in [2.05, 4.69) is 10.6 Å². The highest BCUT2D eigenvalue weighted by Gasteiger charge is 2.31. The first-order valence-electron chi connectivity index (χ1n) is 7.82. The molecule has 4 nitrogen and oxygen atoms in total. The smallest absolute Gasteiger partial charge is 0.356 e. The first-order valence-corrected chi connectivity index (χ1v) is 7.82. The molecule has 7 heteroatoms. The predicted molar refractivity (Wildman–Crippen MR) is 83.1 cm³/mol. The average Bonchev–Trinajstić information content (AvgIpc) is 2.45. The maximum absolute atomic E-state index is 12.6. The number of amides is 2. The summed E-state index contributed by atoms with van der Waals surface area (Å²) >= 11 is 0. The number of hydrogen-bond donors (Lipinski definition) is 2. The van der Waals surface area contributed by atoms with Gasteiger partial charge in [-0.2, -0.15) is 13.2 Å². The molecule has 2 N–H and O–H groups in total. The van der Waals surface area contributed by atoms with Gasteiger partial charge in [-0.1, -0.05) is 12.1 Å². The molecule has 0 radical (unpaired) electrons. The fourth-order valence-corrected chi connectivity index (χ4v) is 2.81. The normalized spacial score (nSPS) is 18.9. The summed E-state index contributed by atoms with van der Waals surface area (Å²) in [5, 5.41) is 5.57. The minimum atomic E-state index is -4.36. The third kappa shape index (κ3) is 4.97.